The van der Waals surface area contributed by atoms with Gasteiger partial charge in [0, 0.05) is 11.6 Å². The summed E-state index contributed by atoms with van der Waals surface area (Å²) >= 11 is 0. The van der Waals surface area contributed by atoms with Crippen molar-refractivity contribution >= 4 is 23.7 Å². The molecule has 0 saturated carbocycles. The van der Waals surface area contributed by atoms with E-state index in [9.17, 15) is 19.7 Å². The summed E-state index contributed by atoms with van der Waals surface area (Å²) in [6.45, 7) is 3.64. The number of nitrogens with zero attached hydrogens (tertiary/aromatic N) is 2. The number of ether oxygens (including phenoxy) is 1. The average molecular weight is 489 g/mol. The van der Waals surface area contributed by atoms with Crippen molar-refractivity contribution in [1.82, 2.24) is 10.7 Å². The summed E-state index contributed by atoms with van der Waals surface area (Å²) in [6.07, 6.45) is 1.29. The fourth-order valence-corrected chi connectivity index (χ4v) is 3.73. The molecule has 9 nitrogen and oxygen atoms in total. The fourth-order valence-electron chi connectivity index (χ4n) is 3.73. The second kappa shape index (κ2) is 12.3. The summed E-state index contributed by atoms with van der Waals surface area (Å²) in [5, 5.41) is 18.0. The minimum Gasteiger partial charge on any atom is -0.490 e. The largest absolute Gasteiger partial charge is 0.490 e. The first-order valence-corrected chi connectivity index (χ1v) is 11.4. The molecule has 0 aliphatic heterocycles. The Morgan fingerprint density at radius 1 is 0.944 bits per heavy atom. The molecule has 0 unspecified atom stereocenters. The quantitative estimate of drug-likeness (QED) is 0.253. The molecule has 2 N–H and O–H groups in total. The van der Waals surface area contributed by atoms with Crippen molar-refractivity contribution in [3.05, 3.63) is 106 Å². The lowest BCUT2D eigenvalue weighted by Gasteiger charge is -2.24. The number of carbonyl (C=O) groups excluding carboxylic acids is 2. The van der Waals surface area contributed by atoms with Gasteiger partial charge in [0.25, 0.3) is 5.91 Å². The molecule has 0 fully saturated rings. The molecule has 0 radical (unpaired) electrons. The Morgan fingerprint density at radius 2 is 1.53 bits per heavy atom. The van der Waals surface area contributed by atoms with E-state index in [2.05, 4.69) is 15.8 Å². The Labute approximate surface area is 209 Å². The third kappa shape index (κ3) is 6.53. The van der Waals surface area contributed by atoms with E-state index >= 15 is 0 Å². The number of hydrazone groups is 1. The Balaban J connectivity index is 1.75. The van der Waals surface area contributed by atoms with Crippen molar-refractivity contribution in [2.24, 2.45) is 11.0 Å². The van der Waals surface area contributed by atoms with Gasteiger partial charge in [-0.2, -0.15) is 5.10 Å². The molecule has 0 aromatic heterocycles. The lowest BCUT2D eigenvalue weighted by Crippen LogP contribution is -2.50. The van der Waals surface area contributed by atoms with Crippen LogP contribution in [0, 0.1) is 16.0 Å². The van der Waals surface area contributed by atoms with Crippen LogP contribution in [0.15, 0.2) is 84.0 Å². The summed E-state index contributed by atoms with van der Waals surface area (Å²) in [7, 11) is 1.34. The fraction of sp³-hybridized carbons (Fsp3) is 0.222. The number of amides is 2. The van der Waals surface area contributed by atoms with Gasteiger partial charge in [0.05, 0.1) is 24.2 Å². The zero-order chi connectivity index (χ0) is 26.1. The second-order valence-corrected chi connectivity index (χ2v) is 8.41. The topological polar surface area (TPSA) is 123 Å². The third-order valence-corrected chi connectivity index (χ3v) is 5.56. The van der Waals surface area contributed by atoms with Gasteiger partial charge in [-0.15, -0.1) is 0 Å². The number of benzene rings is 3. The standard InChI is InChI=1S/C27H28N4O5/c1-18(2)25(27(33)30-28-17-19-14-15-23(36-3)22(16-19)31(34)35)29-26(32)24(20-10-6-4-7-11-20)21-12-8-5-9-13-21/h4-18,24-25H,1-3H3,(H,29,32)(H,30,33)/b28-17-/t25-/m1/s1. The van der Waals surface area contributed by atoms with Crippen LogP contribution in [-0.4, -0.2) is 36.1 Å². The lowest BCUT2D eigenvalue weighted by molar-refractivity contribution is -0.385. The predicted octanol–water partition coefficient (Wildman–Crippen LogP) is 4.03. The number of methoxy groups -OCH3 is 1. The van der Waals surface area contributed by atoms with Crippen LogP contribution in [0.4, 0.5) is 5.69 Å². The Morgan fingerprint density at radius 3 is 2.03 bits per heavy atom. The minimum atomic E-state index is -0.852. The number of nitro groups is 1. The first kappa shape index (κ1) is 26.1. The van der Waals surface area contributed by atoms with Crippen LogP contribution in [-0.2, 0) is 9.59 Å². The van der Waals surface area contributed by atoms with E-state index in [0.29, 0.717) is 5.56 Å². The Hall–Kier alpha value is -4.53. The molecule has 3 rings (SSSR count). The molecule has 3 aromatic rings. The number of carbonyl (C=O) groups is 2. The van der Waals surface area contributed by atoms with E-state index in [1.54, 1.807) is 6.07 Å². The van der Waals surface area contributed by atoms with Gasteiger partial charge >= 0.3 is 5.69 Å². The highest BCUT2D eigenvalue weighted by Gasteiger charge is 2.29. The Bertz CT molecular complexity index is 1190. The van der Waals surface area contributed by atoms with Gasteiger partial charge in [-0.25, -0.2) is 5.43 Å². The zero-order valence-electron chi connectivity index (χ0n) is 20.3. The van der Waals surface area contributed by atoms with Gasteiger partial charge in [0.2, 0.25) is 5.91 Å². The molecule has 0 heterocycles. The average Bonchev–Trinajstić information content (AvgIpc) is 2.88. The number of hydrogen-bond donors (Lipinski definition) is 2. The van der Waals surface area contributed by atoms with Gasteiger partial charge in [0.1, 0.15) is 6.04 Å². The summed E-state index contributed by atoms with van der Waals surface area (Å²) in [5.41, 5.74) is 4.23. The predicted molar refractivity (Wildman–Crippen MR) is 137 cm³/mol. The van der Waals surface area contributed by atoms with Gasteiger partial charge in [-0.1, -0.05) is 74.5 Å². The van der Waals surface area contributed by atoms with Crippen molar-refractivity contribution in [2.45, 2.75) is 25.8 Å². The summed E-state index contributed by atoms with van der Waals surface area (Å²) < 4.78 is 4.99. The van der Waals surface area contributed by atoms with Crippen LogP contribution in [0.3, 0.4) is 0 Å². The molecular weight excluding hydrogens is 460 g/mol. The maximum absolute atomic E-state index is 13.4. The highest BCUT2D eigenvalue weighted by Crippen LogP contribution is 2.27. The van der Waals surface area contributed by atoms with E-state index in [-0.39, 0.29) is 23.3 Å². The van der Waals surface area contributed by atoms with Crippen LogP contribution >= 0.6 is 0 Å². The maximum atomic E-state index is 13.4. The van der Waals surface area contributed by atoms with E-state index < -0.39 is 22.8 Å². The first-order valence-electron chi connectivity index (χ1n) is 11.4. The number of rotatable bonds is 10. The molecule has 0 spiro atoms. The maximum Gasteiger partial charge on any atom is 0.311 e. The van der Waals surface area contributed by atoms with E-state index in [1.807, 2.05) is 74.5 Å². The second-order valence-electron chi connectivity index (χ2n) is 8.41. The number of nitro benzene ring substituents is 1. The summed E-state index contributed by atoms with van der Waals surface area (Å²) in [6, 6.07) is 22.2. The molecule has 1 atom stereocenters. The lowest BCUT2D eigenvalue weighted by atomic mass is 9.89. The monoisotopic (exact) mass is 488 g/mol. The van der Waals surface area contributed by atoms with Crippen molar-refractivity contribution in [2.75, 3.05) is 7.11 Å². The minimum absolute atomic E-state index is 0.121. The molecule has 0 aliphatic rings. The molecule has 0 bridgehead atoms. The first-order chi connectivity index (χ1) is 17.3. The van der Waals surface area contributed by atoms with Gasteiger partial charge < -0.3 is 10.1 Å². The normalized spacial score (nSPS) is 11.9. The van der Waals surface area contributed by atoms with Crippen LogP contribution in [0.5, 0.6) is 5.75 Å². The summed E-state index contributed by atoms with van der Waals surface area (Å²) in [5.74, 6) is -1.51. The van der Waals surface area contributed by atoms with Crippen molar-refractivity contribution in [3.8, 4) is 5.75 Å². The van der Waals surface area contributed by atoms with E-state index in [0.717, 1.165) is 11.1 Å². The van der Waals surface area contributed by atoms with Crippen LogP contribution in [0.1, 0.15) is 36.5 Å². The molecule has 9 heteroatoms. The van der Waals surface area contributed by atoms with Crippen molar-refractivity contribution in [3.63, 3.8) is 0 Å². The highest BCUT2D eigenvalue weighted by molar-refractivity contribution is 5.93. The zero-order valence-corrected chi connectivity index (χ0v) is 20.3. The van der Waals surface area contributed by atoms with Crippen LogP contribution in [0.25, 0.3) is 0 Å². The number of hydrogen-bond acceptors (Lipinski definition) is 6. The number of nitrogens with one attached hydrogen (secondary N) is 2. The van der Waals surface area contributed by atoms with E-state index in [4.69, 9.17) is 4.74 Å². The van der Waals surface area contributed by atoms with Gasteiger partial charge in [-0.05, 0) is 29.2 Å². The highest BCUT2D eigenvalue weighted by atomic mass is 16.6. The van der Waals surface area contributed by atoms with Crippen LogP contribution in [0.2, 0.25) is 0 Å². The van der Waals surface area contributed by atoms with Crippen LogP contribution < -0.4 is 15.5 Å². The van der Waals surface area contributed by atoms with Gasteiger partial charge in [0.15, 0.2) is 5.75 Å². The molecule has 0 saturated heterocycles. The molecule has 0 aliphatic carbocycles. The SMILES string of the molecule is COc1ccc(/C=N\NC(=O)[C@H](NC(=O)C(c2ccccc2)c2ccccc2)C(C)C)cc1[N+](=O)[O-]. The molecule has 186 valence electrons. The van der Waals surface area contributed by atoms with Gasteiger partial charge in [-0.3, -0.25) is 19.7 Å². The Kier molecular flexibility index (Phi) is 8.88. The van der Waals surface area contributed by atoms with E-state index in [1.165, 1.54) is 25.5 Å². The third-order valence-electron chi connectivity index (χ3n) is 5.56. The molecule has 3 aromatic carbocycles. The smallest absolute Gasteiger partial charge is 0.311 e. The molecule has 36 heavy (non-hydrogen) atoms. The van der Waals surface area contributed by atoms with Crippen molar-refractivity contribution < 1.29 is 19.2 Å². The molecule has 2 amide bonds. The molecular formula is C27H28N4O5. The van der Waals surface area contributed by atoms with Crippen molar-refractivity contribution in [1.29, 1.82) is 0 Å². The summed E-state index contributed by atoms with van der Waals surface area (Å²) in [4.78, 5) is 37.0.